The van der Waals surface area contributed by atoms with E-state index >= 15 is 0 Å². The summed E-state index contributed by atoms with van der Waals surface area (Å²) in [5, 5.41) is 12.3. The fourth-order valence-corrected chi connectivity index (χ4v) is 4.32. The second-order valence-electron chi connectivity index (χ2n) is 5.29. The normalized spacial score (nSPS) is 11.0. The van der Waals surface area contributed by atoms with Crippen molar-refractivity contribution in [3.8, 4) is 16.5 Å². The van der Waals surface area contributed by atoms with E-state index in [4.69, 9.17) is 17.0 Å². The van der Waals surface area contributed by atoms with E-state index in [1.165, 1.54) is 22.7 Å². The minimum Gasteiger partial charge on any atom is -0.494 e. The van der Waals surface area contributed by atoms with E-state index in [9.17, 15) is 4.79 Å². The lowest BCUT2D eigenvalue weighted by Crippen LogP contribution is -2.19. The van der Waals surface area contributed by atoms with E-state index in [2.05, 4.69) is 20.5 Å². The maximum atomic E-state index is 12.5. The zero-order chi connectivity index (χ0) is 18.1. The van der Waals surface area contributed by atoms with Gasteiger partial charge in [0.05, 0.1) is 16.7 Å². The molecule has 0 aliphatic rings. The smallest absolute Gasteiger partial charge is 0.246 e. The number of thiophene rings is 1. The van der Waals surface area contributed by atoms with Crippen LogP contribution in [0.2, 0.25) is 0 Å². The zero-order valence-corrected chi connectivity index (χ0v) is 16.0. The third-order valence-electron chi connectivity index (χ3n) is 3.65. The van der Waals surface area contributed by atoms with Gasteiger partial charge in [-0.05, 0) is 35.8 Å². The topological polar surface area (TPSA) is 84.8 Å². The summed E-state index contributed by atoms with van der Waals surface area (Å²) in [5.41, 5.74) is 0.731. The van der Waals surface area contributed by atoms with Crippen molar-refractivity contribution in [1.29, 1.82) is 0 Å². The van der Waals surface area contributed by atoms with Gasteiger partial charge in [-0.1, -0.05) is 23.5 Å². The van der Waals surface area contributed by atoms with Crippen molar-refractivity contribution in [3.63, 3.8) is 0 Å². The highest BCUT2D eigenvalue weighted by Crippen LogP contribution is 2.32. The van der Waals surface area contributed by atoms with Gasteiger partial charge < -0.3 is 10.1 Å². The number of aromatic nitrogens is 4. The van der Waals surface area contributed by atoms with Gasteiger partial charge in [0, 0.05) is 0 Å². The molecule has 2 N–H and O–H groups in total. The number of amides is 1. The van der Waals surface area contributed by atoms with Crippen molar-refractivity contribution in [2.45, 2.75) is 6.54 Å². The predicted octanol–water partition coefficient (Wildman–Crippen LogP) is 3.93. The summed E-state index contributed by atoms with van der Waals surface area (Å²) in [6.07, 6.45) is 0. The molecule has 0 aliphatic carbocycles. The standard InChI is InChI=1S/C16H13N5O2S3/c1-23-9-4-2-5-10-13(9)18-15(26-10)17-12(22)8-21-14(19-20-16(21)24)11-6-3-7-25-11/h2-7H,8H2,1H3,(H,20,24)(H,17,18,22). The molecule has 0 saturated heterocycles. The van der Waals surface area contributed by atoms with Gasteiger partial charge in [-0.3, -0.25) is 14.5 Å². The molecule has 0 spiro atoms. The van der Waals surface area contributed by atoms with E-state index in [0.717, 1.165) is 15.1 Å². The lowest BCUT2D eigenvalue weighted by molar-refractivity contribution is -0.116. The van der Waals surface area contributed by atoms with Crippen molar-refractivity contribution < 1.29 is 9.53 Å². The van der Waals surface area contributed by atoms with E-state index in [0.29, 0.717) is 21.5 Å². The first-order chi connectivity index (χ1) is 12.7. The largest absolute Gasteiger partial charge is 0.494 e. The van der Waals surface area contributed by atoms with Crippen molar-refractivity contribution >= 4 is 56.1 Å². The number of aromatic amines is 1. The Morgan fingerprint density at radius 1 is 1.38 bits per heavy atom. The Hall–Kier alpha value is -2.56. The Morgan fingerprint density at radius 3 is 3.04 bits per heavy atom. The first-order valence-corrected chi connectivity index (χ1v) is 9.68. The van der Waals surface area contributed by atoms with Gasteiger partial charge >= 0.3 is 0 Å². The van der Waals surface area contributed by atoms with E-state index in [1.54, 1.807) is 11.7 Å². The Balaban J connectivity index is 1.57. The van der Waals surface area contributed by atoms with E-state index in [-0.39, 0.29) is 12.5 Å². The summed E-state index contributed by atoms with van der Waals surface area (Å²) < 4.78 is 8.32. The number of carbonyl (C=O) groups excluding carboxylic acids is 1. The van der Waals surface area contributed by atoms with Gasteiger partial charge in [0.2, 0.25) is 5.91 Å². The summed E-state index contributed by atoms with van der Waals surface area (Å²) in [7, 11) is 1.60. The summed E-state index contributed by atoms with van der Waals surface area (Å²) >= 11 is 8.19. The van der Waals surface area contributed by atoms with Gasteiger partial charge in [-0.2, -0.15) is 5.10 Å². The number of nitrogens with zero attached hydrogens (tertiary/aromatic N) is 3. The van der Waals surface area contributed by atoms with Gasteiger partial charge in [0.25, 0.3) is 0 Å². The quantitative estimate of drug-likeness (QED) is 0.493. The maximum absolute atomic E-state index is 12.5. The van der Waals surface area contributed by atoms with Gasteiger partial charge in [-0.15, -0.1) is 11.3 Å². The number of fused-ring (bicyclic) bond motifs is 1. The van der Waals surface area contributed by atoms with E-state index < -0.39 is 0 Å². The average molecular weight is 404 g/mol. The Kier molecular flexibility index (Phi) is 4.53. The van der Waals surface area contributed by atoms with Crippen LogP contribution in [-0.4, -0.2) is 32.8 Å². The highest BCUT2D eigenvalue weighted by molar-refractivity contribution is 7.71. The SMILES string of the molecule is COc1cccc2sc(NC(=O)Cn3c(-c4cccs4)n[nH]c3=S)nc12. The Bertz CT molecular complexity index is 1130. The lowest BCUT2D eigenvalue weighted by Gasteiger charge is -2.05. The number of methoxy groups -OCH3 is 1. The highest BCUT2D eigenvalue weighted by atomic mass is 32.1. The van der Waals surface area contributed by atoms with E-state index in [1.807, 2.05) is 35.7 Å². The van der Waals surface area contributed by atoms with Crippen LogP contribution in [0.4, 0.5) is 5.13 Å². The molecule has 0 radical (unpaired) electrons. The van der Waals surface area contributed by atoms with Crippen molar-refractivity contribution in [2.24, 2.45) is 0 Å². The van der Waals surface area contributed by atoms with Gasteiger partial charge in [0.1, 0.15) is 17.8 Å². The molecule has 7 nitrogen and oxygen atoms in total. The van der Waals surface area contributed by atoms with Crippen LogP contribution in [0.5, 0.6) is 5.75 Å². The third-order valence-corrected chi connectivity index (χ3v) is 5.76. The Morgan fingerprint density at radius 2 is 2.27 bits per heavy atom. The maximum Gasteiger partial charge on any atom is 0.246 e. The molecule has 3 aromatic heterocycles. The van der Waals surface area contributed by atoms with Crippen LogP contribution < -0.4 is 10.1 Å². The predicted molar refractivity (Wildman–Crippen MR) is 106 cm³/mol. The molecule has 0 aliphatic heterocycles. The minimum atomic E-state index is -0.224. The number of benzene rings is 1. The molecule has 4 rings (SSSR count). The number of para-hydroxylation sites is 1. The molecule has 132 valence electrons. The molecule has 0 unspecified atom stereocenters. The van der Waals surface area contributed by atoms with Crippen molar-refractivity contribution in [3.05, 3.63) is 40.5 Å². The van der Waals surface area contributed by atoms with Crippen LogP contribution in [0, 0.1) is 4.77 Å². The second-order valence-corrected chi connectivity index (χ2v) is 7.66. The summed E-state index contributed by atoms with van der Waals surface area (Å²) in [4.78, 5) is 17.9. The fourth-order valence-electron chi connectivity index (χ4n) is 2.50. The average Bonchev–Trinajstić information content (AvgIpc) is 3.35. The highest BCUT2D eigenvalue weighted by Gasteiger charge is 2.15. The molecule has 0 atom stereocenters. The number of carbonyl (C=O) groups is 1. The number of thiazole rings is 1. The van der Waals surface area contributed by atoms with Crippen molar-refractivity contribution in [1.82, 2.24) is 19.7 Å². The number of rotatable bonds is 5. The lowest BCUT2D eigenvalue weighted by atomic mass is 10.3. The molecular weight excluding hydrogens is 390 g/mol. The van der Waals surface area contributed by atoms with Crippen LogP contribution in [0.1, 0.15) is 0 Å². The first-order valence-electron chi connectivity index (χ1n) is 7.58. The Labute approximate surface area is 161 Å². The third kappa shape index (κ3) is 3.14. The zero-order valence-electron chi connectivity index (χ0n) is 13.6. The molecular formula is C16H13N5O2S3. The number of hydrogen-bond donors (Lipinski definition) is 2. The molecule has 3 heterocycles. The van der Waals surface area contributed by atoms with Crippen LogP contribution in [0.3, 0.4) is 0 Å². The molecule has 26 heavy (non-hydrogen) atoms. The second kappa shape index (κ2) is 6.98. The van der Waals surface area contributed by atoms with Crippen molar-refractivity contribution in [2.75, 3.05) is 12.4 Å². The van der Waals surface area contributed by atoms with Crippen LogP contribution in [0.25, 0.3) is 20.9 Å². The minimum absolute atomic E-state index is 0.0512. The summed E-state index contributed by atoms with van der Waals surface area (Å²) in [6.45, 7) is 0.0512. The molecule has 1 amide bonds. The summed E-state index contributed by atoms with van der Waals surface area (Å²) in [6, 6.07) is 9.53. The monoisotopic (exact) mass is 403 g/mol. The molecule has 0 bridgehead atoms. The molecule has 10 heteroatoms. The van der Waals surface area contributed by atoms with Gasteiger partial charge in [-0.25, -0.2) is 4.98 Å². The van der Waals surface area contributed by atoms with Crippen LogP contribution in [-0.2, 0) is 11.3 Å². The van der Waals surface area contributed by atoms with Crippen LogP contribution >= 0.6 is 34.9 Å². The molecule has 1 aromatic carbocycles. The molecule has 0 fully saturated rings. The number of nitrogens with one attached hydrogen (secondary N) is 2. The van der Waals surface area contributed by atoms with Gasteiger partial charge in [0.15, 0.2) is 15.7 Å². The molecule has 4 aromatic rings. The molecule has 0 saturated carbocycles. The first kappa shape index (κ1) is 16.9. The van der Waals surface area contributed by atoms with Crippen LogP contribution in [0.15, 0.2) is 35.7 Å². The number of ether oxygens (including phenoxy) is 1. The summed E-state index contributed by atoms with van der Waals surface area (Å²) in [5.74, 6) is 1.10. The number of H-pyrrole nitrogens is 1. The number of hydrogen-bond acceptors (Lipinski definition) is 7. The fraction of sp³-hybridized carbons (Fsp3) is 0.125. The number of anilines is 1.